The first-order chi connectivity index (χ1) is 16.6. The summed E-state index contributed by atoms with van der Waals surface area (Å²) < 4.78 is 17.8. The van der Waals surface area contributed by atoms with Crippen molar-refractivity contribution >= 4 is 23.6 Å². The lowest BCUT2D eigenvalue weighted by molar-refractivity contribution is -0.119. The average Bonchev–Trinajstić information content (AvgIpc) is 3.56. The topological polar surface area (TPSA) is 121 Å². The number of methoxy groups -OCH3 is 1. The molecule has 2 N–H and O–H groups in total. The van der Waals surface area contributed by atoms with E-state index in [-0.39, 0.29) is 18.1 Å². The van der Waals surface area contributed by atoms with Gasteiger partial charge in [0, 0.05) is 5.69 Å². The van der Waals surface area contributed by atoms with Crippen LogP contribution in [0.3, 0.4) is 0 Å². The van der Waals surface area contributed by atoms with Crippen LogP contribution in [0.1, 0.15) is 16.4 Å². The van der Waals surface area contributed by atoms with E-state index in [1.54, 1.807) is 25.3 Å². The number of benzene rings is 2. The first kappa shape index (κ1) is 22.9. The van der Waals surface area contributed by atoms with Gasteiger partial charge in [-0.05, 0) is 48.5 Å². The maximum absolute atomic E-state index is 12.2. The van der Waals surface area contributed by atoms with Crippen molar-refractivity contribution in [1.29, 1.82) is 0 Å². The summed E-state index contributed by atoms with van der Waals surface area (Å²) in [6.07, 6.45) is 1.37. The van der Waals surface area contributed by atoms with Crippen LogP contribution in [0.5, 0.6) is 11.5 Å². The number of hydrazine groups is 1. The van der Waals surface area contributed by atoms with Gasteiger partial charge in [-0.25, -0.2) is 0 Å². The first-order valence-corrected chi connectivity index (χ1v) is 11.1. The smallest absolute Gasteiger partial charge is 0.305 e. The fourth-order valence-corrected chi connectivity index (χ4v) is 3.68. The lowest BCUT2D eigenvalue weighted by Gasteiger charge is -2.11. The molecule has 0 aliphatic carbocycles. The highest BCUT2D eigenvalue weighted by atomic mass is 32.2. The highest BCUT2D eigenvalue weighted by molar-refractivity contribution is 7.99. The summed E-state index contributed by atoms with van der Waals surface area (Å²) in [5.74, 6) is 1.09. The molecular weight excluding hydrogens is 458 g/mol. The van der Waals surface area contributed by atoms with Crippen molar-refractivity contribution < 1.29 is 23.5 Å². The predicted molar refractivity (Wildman–Crippen MR) is 124 cm³/mol. The monoisotopic (exact) mass is 479 g/mol. The van der Waals surface area contributed by atoms with Crippen LogP contribution in [-0.4, -0.2) is 39.4 Å². The molecular formula is C23H21N5O5S. The quantitative estimate of drug-likeness (QED) is 0.278. The average molecular weight is 480 g/mol. The van der Waals surface area contributed by atoms with E-state index < -0.39 is 11.8 Å². The minimum Gasteiger partial charge on any atom is -0.497 e. The lowest BCUT2D eigenvalue weighted by Crippen LogP contribution is -2.42. The first-order valence-electron chi connectivity index (χ1n) is 10.2. The summed E-state index contributed by atoms with van der Waals surface area (Å²) in [5.41, 5.74) is 5.48. The largest absolute Gasteiger partial charge is 0.497 e. The number of para-hydroxylation sites is 1. The van der Waals surface area contributed by atoms with E-state index in [9.17, 15) is 9.59 Å². The van der Waals surface area contributed by atoms with Crippen LogP contribution in [0.4, 0.5) is 0 Å². The van der Waals surface area contributed by atoms with Gasteiger partial charge in [0.25, 0.3) is 0 Å². The summed E-state index contributed by atoms with van der Waals surface area (Å²) in [6, 6.07) is 19.8. The Hall–Kier alpha value is -4.25. The number of furan rings is 1. The second-order valence-corrected chi connectivity index (χ2v) is 7.74. The highest BCUT2D eigenvalue weighted by Gasteiger charge is 2.17. The SMILES string of the molecule is COc1ccc(OCc2nnc(SCC(=O)NNC(=O)c3ccco3)n2-c2ccccc2)cc1. The van der Waals surface area contributed by atoms with Gasteiger partial charge in [0.1, 0.15) is 18.1 Å². The Morgan fingerprint density at radius 3 is 2.44 bits per heavy atom. The van der Waals surface area contributed by atoms with Crippen LogP contribution in [0.25, 0.3) is 5.69 Å². The molecule has 0 saturated carbocycles. The third-order valence-electron chi connectivity index (χ3n) is 4.53. The second kappa shape index (κ2) is 11.1. The number of nitrogens with zero attached hydrogens (tertiary/aromatic N) is 3. The van der Waals surface area contributed by atoms with E-state index in [2.05, 4.69) is 21.0 Å². The van der Waals surface area contributed by atoms with Gasteiger partial charge in [-0.2, -0.15) is 0 Å². The van der Waals surface area contributed by atoms with Crippen molar-refractivity contribution in [2.75, 3.05) is 12.9 Å². The zero-order valence-electron chi connectivity index (χ0n) is 18.1. The molecule has 0 bridgehead atoms. The lowest BCUT2D eigenvalue weighted by atomic mass is 10.3. The van der Waals surface area contributed by atoms with Crippen LogP contribution >= 0.6 is 11.8 Å². The molecule has 0 fully saturated rings. The van der Waals surface area contributed by atoms with Crippen molar-refractivity contribution in [2.45, 2.75) is 11.8 Å². The molecule has 0 saturated heterocycles. The molecule has 0 unspecified atom stereocenters. The maximum Gasteiger partial charge on any atom is 0.305 e. The Morgan fingerprint density at radius 1 is 0.971 bits per heavy atom. The van der Waals surface area contributed by atoms with Crippen LogP contribution in [0.15, 0.2) is 82.6 Å². The van der Waals surface area contributed by atoms with Crippen molar-refractivity contribution in [3.8, 4) is 17.2 Å². The van der Waals surface area contributed by atoms with Gasteiger partial charge in [0.15, 0.2) is 16.7 Å². The molecule has 174 valence electrons. The minimum absolute atomic E-state index is 0.00272. The summed E-state index contributed by atoms with van der Waals surface area (Å²) in [5, 5.41) is 9.00. The number of ether oxygens (including phenoxy) is 2. The molecule has 2 aromatic heterocycles. The molecule has 0 aliphatic heterocycles. The second-order valence-electron chi connectivity index (χ2n) is 6.80. The molecule has 2 aromatic carbocycles. The van der Waals surface area contributed by atoms with Crippen molar-refractivity contribution in [3.63, 3.8) is 0 Å². The Balaban J connectivity index is 1.41. The normalized spacial score (nSPS) is 10.5. The molecule has 4 rings (SSSR count). The number of hydrogen-bond donors (Lipinski definition) is 2. The molecule has 34 heavy (non-hydrogen) atoms. The molecule has 10 nitrogen and oxygen atoms in total. The number of hydrogen-bond acceptors (Lipinski definition) is 8. The van der Waals surface area contributed by atoms with E-state index in [1.807, 2.05) is 47.0 Å². The maximum atomic E-state index is 12.2. The van der Waals surface area contributed by atoms with Crippen LogP contribution in [-0.2, 0) is 11.4 Å². The van der Waals surface area contributed by atoms with Crippen LogP contribution in [0.2, 0.25) is 0 Å². The number of carbonyl (C=O) groups is 2. The predicted octanol–water partition coefficient (Wildman–Crippen LogP) is 3.00. The molecule has 2 heterocycles. The molecule has 0 aliphatic rings. The number of thioether (sulfide) groups is 1. The Labute approximate surface area is 199 Å². The van der Waals surface area contributed by atoms with Crippen molar-refractivity contribution in [2.24, 2.45) is 0 Å². The number of aromatic nitrogens is 3. The molecule has 2 amide bonds. The summed E-state index contributed by atoms with van der Waals surface area (Å²) in [4.78, 5) is 24.1. The van der Waals surface area contributed by atoms with Gasteiger partial charge in [0.05, 0.1) is 19.1 Å². The van der Waals surface area contributed by atoms with Gasteiger partial charge in [-0.3, -0.25) is 25.0 Å². The summed E-state index contributed by atoms with van der Waals surface area (Å²) in [6.45, 7) is 0.167. The zero-order valence-corrected chi connectivity index (χ0v) is 19.0. The number of amides is 2. The van der Waals surface area contributed by atoms with Gasteiger partial charge >= 0.3 is 5.91 Å². The summed E-state index contributed by atoms with van der Waals surface area (Å²) >= 11 is 1.18. The molecule has 0 radical (unpaired) electrons. The standard InChI is InChI=1S/C23H21N5O5S/c1-31-17-9-11-18(12-10-17)33-14-20-24-27-23(28(20)16-6-3-2-4-7-16)34-15-21(29)25-26-22(30)19-8-5-13-32-19/h2-13H,14-15H2,1H3,(H,25,29)(H,26,30). The van der Waals surface area contributed by atoms with Crippen molar-refractivity contribution in [1.82, 2.24) is 25.6 Å². The number of rotatable bonds is 9. The zero-order chi connectivity index (χ0) is 23.8. The Kier molecular flexibility index (Phi) is 7.45. The van der Waals surface area contributed by atoms with E-state index in [1.165, 1.54) is 24.1 Å². The van der Waals surface area contributed by atoms with Gasteiger partial charge < -0.3 is 13.9 Å². The molecule has 0 atom stereocenters. The van der Waals surface area contributed by atoms with Gasteiger partial charge in [-0.1, -0.05) is 30.0 Å². The van der Waals surface area contributed by atoms with E-state index >= 15 is 0 Å². The van der Waals surface area contributed by atoms with E-state index in [0.29, 0.717) is 16.7 Å². The third-order valence-corrected chi connectivity index (χ3v) is 5.46. The van der Waals surface area contributed by atoms with Gasteiger partial charge in [-0.15, -0.1) is 10.2 Å². The van der Waals surface area contributed by atoms with Crippen LogP contribution in [0, 0.1) is 0 Å². The fourth-order valence-electron chi connectivity index (χ4n) is 2.91. The Bertz CT molecular complexity index is 1230. The molecule has 11 heteroatoms. The number of nitrogens with one attached hydrogen (secondary N) is 2. The Morgan fingerprint density at radius 2 is 1.74 bits per heavy atom. The van der Waals surface area contributed by atoms with Crippen LogP contribution < -0.4 is 20.3 Å². The molecule has 0 spiro atoms. The fraction of sp³-hybridized carbons (Fsp3) is 0.130. The molecule has 4 aromatic rings. The van der Waals surface area contributed by atoms with E-state index in [0.717, 1.165) is 11.4 Å². The highest BCUT2D eigenvalue weighted by Crippen LogP contribution is 2.23. The third kappa shape index (κ3) is 5.75. The summed E-state index contributed by atoms with van der Waals surface area (Å²) in [7, 11) is 1.60. The van der Waals surface area contributed by atoms with Gasteiger partial charge in [0.2, 0.25) is 5.91 Å². The minimum atomic E-state index is -0.547. The number of carbonyl (C=O) groups excluding carboxylic acids is 2. The van der Waals surface area contributed by atoms with Crippen molar-refractivity contribution in [3.05, 3.63) is 84.6 Å². The van der Waals surface area contributed by atoms with E-state index in [4.69, 9.17) is 13.9 Å².